The molecule has 0 aliphatic carbocycles. The molecule has 8 heteroatoms. The second-order valence-electron chi connectivity index (χ2n) is 7.70. The maximum Gasteiger partial charge on any atom is 0.255 e. The number of nitrogens with one attached hydrogen (secondary N) is 2. The van der Waals surface area contributed by atoms with Crippen molar-refractivity contribution in [3.05, 3.63) is 66.2 Å². The molecule has 0 spiro atoms. The van der Waals surface area contributed by atoms with E-state index < -0.39 is 0 Å². The molecule has 32 heavy (non-hydrogen) atoms. The summed E-state index contributed by atoms with van der Waals surface area (Å²) >= 11 is 0. The van der Waals surface area contributed by atoms with Gasteiger partial charge in [0.05, 0.1) is 18.0 Å². The summed E-state index contributed by atoms with van der Waals surface area (Å²) in [7, 11) is 0. The van der Waals surface area contributed by atoms with Gasteiger partial charge in [-0.1, -0.05) is 12.1 Å². The molecule has 8 nitrogen and oxygen atoms in total. The van der Waals surface area contributed by atoms with Crippen LogP contribution in [0.2, 0.25) is 0 Å². The van der Waals surface area contributed by atoms with E-state index in [1.54, 1.807) is 24.3 Å². The lowest BCUT2D eigenvalue weighted by molar-refractivity contribution is 0.0497. The maximum absolute atomic E-state index is 12.8. The fraction of sp³-hybridized carbons (Fsp3) is 0.250. The number of carbonyl (C=O) groups is 1. The number of carbonyl (C=O) groups excluding carboxylic acids is 1. The average molecular weight is 434 g/mol. The van der Waals surface area contributed by atoms with Gasteiger partial charge in [-0.25, -0.2) is 4.98 Å². The fourth-order valence-electron chi connectivity index (χ4n) is 3.54. The van der Waals surface area contributed by atoms with Crippen molar-refractivity contribution in [2.75, 3.05) is 36.3 Å². The van der Waals surface area contributed by atoms with Crippen LogP contribution in [0.1, 0.15) is 23.2 Å². The Balaban J connectivity index is 1.38. The van der Waals surface area contributed by atoms with Crippen molar-refractivity contribution in [3.8, 4) is 17.0 Å². The van der Waals surface area contributed by atoms with E-state index in [-0.39, 0.29) is 5.91 Å². The normalized spacial score (nSPS) is 14.0. The summed E-state index contributed by atoms with van der Waals surface area (Å²) in [4.78, 5) is 17.1. The van der Waals surface area contributed by atoms with Gasteiger partial charge in [-0.05, 0) is 67.3 Å². The van der Waals surface area contributed by atoms with Gasteiger partial charge in [0.15, 0.2) is 0 Å². The van der Waals surface area contributed by atoms with Crippen molar-refractivity contribution < 1.29 is 14.3 Å². The van der Waals surface area contributed by atoms with E-state index in [9.17, 15) is 4.79 Å². The standard InChI is InChI=1S/C24H27N5O3/c25-23-22(29-26)9-8-21(28-23)17-2-1-3-18(14-17)24(30)27-19-4-6-20(7-5-19)32-15-16-10-12-31-13-11-16/h1-9,14,16,29H,10-13,15,26H2,(H2,25,28)(H,27,30). The number of hydrogen-bond acceptors (Lipinski definition) is 7. The van der Waals surface area contributed by atoms with Crippen molar-refractivity contribution in [1.29, 1.82) is 0 Å². The zero-order valence-electron chi connectivity index (χ0n) is 17.7. The lowest BCUT2D eigenvalue weighted by Crippen LogP contribution is -2.21. The Labute approximate surface area is 186 Å². The van der Waals surface area contributed by atoms with Gasteiger partial charge in [-0.2, -0.15) is 0 Å². The van der Waals surface area contributed by atoms with Crippen LogP contribution in [0.5, 0.6) is 5.75 Å². The quantitative estimate of drug-likeness (QED) is 0.331. The second kappa shape index (κ2) is 10.1. The van der Waals surface area contributed by atoms with Crippen molar-refractivity contribution in [1.82, 2.24) is 4.98 Å². The van der Waals surface area contributed by atoms with Gasteiger partial charge in [-0.3, -0.25) is 10.6 Å². The zero-order valence-corrected chi connectivity index (χ0v) is 17.7. The molecule has 4 rings (SSSR count). The predicted octanol–water partition coefficient (Wildman–Crippen LogP) is 3.67. The Bertz CT molecular complexity index is 1070. The van der Waals surface area contributed by atoms with Crippen LogP contribution in [-0.2, 0) is 4.74 Å². The molecule has 1 saturated heterocycles. The number of nitrogens with two attached hydrogens (primary N) is 2. The Kier molecular flexibility index (Phi) is 6.84. The summed E-state index contributed by atoms with van der Waals surface area (Å²) in [6.07, 6.45) is 2.06. The smallest absolute Gasteiger partial charge is 0.255 e. The molecule has 2 heterocycles. The molecule has 1 aliphatic rings. The van der Waals surface area contributed by atoms with Gasteiger partial charge in [0.1, 0.15) is 11.6 Å². The minimum absolute atomic E-state index is 0.212. The summed E-state index contributed by atoms with van der Waals surface area (Å²) in [6.45, 7) is 2.29. The minimum atomic E-state index is -0.212. The third-order valence-corrected chi connectivity index (χ3v) is 5.44. The zero-order chi connectivity index (χ0) is 22.3. The van der Waals surface area contributed by atoms with Crippen molar-refractivity contribution >= 4 is 23.1 Å². The number of benzene rings is 2. The first-order valence-corrected chi connectivity index (χ1v) is 10.6. The molecular weight excluding hydrogens is 406 g/mol. The van der Waals surface area contributed by atoms with E-state index in [0.717, 1.165) is 37.4 Å². The van der Waals surface area contributed by atoms with E-state index in [2.05, 4.69) is 15.7 Å². The van der Waals surface area contributed by atoms with Gasteiger partial charge in [0.2, 0.25) is 0 Å². The summed E-state index contributed by atoms with van der Waals surface area (Å²) in [6, 6.07) is 18.2. The molecule has 1 aliphatic heterocycles. The molecule has 3 aromatic rings. The lowest BCUT2D eigenvalue weighted by Gasteiger charge is -2.22. The number of rotatable bonds is 7. The Hall–Kier alpha value is -3.62. The highest BCUT2D eigenvalue weighted by Crippen LogP contribution is 2.24. The number of pyridine rings is 1. The molecule has 0 saturated carbocycles. The van der Waals surface area contributed by atoms with E-state index >= 15 is 0 Å². The molecule has 2 aromatic carbocycles. The first-order chi connectivity index (χ1) is 15.6. The molecule has 1 amide bonds. The minimum Gasteiger partial charge on any atom is -0.493 e. The monoisotopic (exact) mass is 433 g/mol. The van der Waals surface area contributed by atoms with E-state index in [1.807, 2.05) is 36.4 Å². The lowest BCUT2D eigenvalue weighted by atomic mass is 10.0. The SMILES string of the molecule is NNc1ccc(-c2cccc(C(=O)Nc3ccc(OCC4CCOCC4)cc3)c2)nc1N. The Morgan fingerprint density at radius 2 is 1.88 bits per heavy atom. The number of hydrogen-bond donors (Lipinski definition) is 4. The van der Waals surface area contributed by atoms with Crippen LogP contribution >= 0.6 is 0 Å². The van der Waals surface area contributed by atoms with Gasteiger partial charge >= 0.3 is 0 Å². The van der Waals surface area contributed by atoms with Crippen LogP contribution in [0.25, 0.3) is 11.3 Å². The topological polar surface area (TPSA) is 125 Å². The summed E-state index contributed by atoms with van der Waals surface area (Å²) in [5, 5.41) is 2.92. The number of hydrazine groups is 1. The van der Waals surface area contributed by atoms with E-state index in [0.29, 0.717) is 41.0 Å². The summed E-state index contributed by atoms with van der Waals surface area (Å²) in [5.41, 5.74) is 11.6. The van der Waals surface area contributed by atoms with Crippen LogP contribution in [0.4, 0.5) is 17.2 Å². The first-order valence-electron chi connectivity index (χ1n) is 10.6. The maximum atomic E-state index is 12.8. The van der Waals surface area contributed by atoms with E-state index in [4.69, 9.17) is 21.1 Å². The Morgan fingerprint density at radius 3 is 2.59 bits per heavy atom. The molecule has 1 aromatic heterocycles. The van der Waals surface area contributed by atoms with Gasteiger partial charge in [0.25, 0.3) is 5.91 Å². The molecule has 0 atom stereocenters. The van der Waals surface area contributed by atoms with Crippen molar-refractivity contribution in [2.24, 2.45) is 11.8 Å². The van der Waals surface area contributed by atoms with Crippen LogP contribution in [0.3, 0.4) is 0 Å². The van der Waals surface area contributed by atoms with Gasteiger partial charge in [-0.15, -0.1) is 0 Å². The first kappa shape index (κ1) is 21.6. The summed E-state index contributed by atoms with van der Waals surface area (Å²) in [5.74, 6) is 6.80. The van der Waals surface area contributed by atoms with Crippen LogP contribution in [0, 0.1) is 5.92 Å². The third-order valence-electron chi connectivity index (χ3n) is 5.44. The molecule has 1 fully saturated rings. The highest BCUT2D eigenvalue weighted by atomic mass is 16.5. The second-order valence-corrected chi connectivity index (χ2v) is 7.70. The van der Waals surface area contributed by atoms with Gasteiger partial charge in [0, 0.05) is 30.0 Å². The molecule has 0 unspecified atom stereocenters. The van der Waals surface area contributed by atoms with Crippen molar-refractivity contribution in [2.45, 2.75) is 12.8 Å². The number of ether oxygens (including phenoxy) is 2. The highest BCUT2D eigenvalue weighted by Gasteiger charge is 2.14. The molecule has 6 N–H and O–H groups in total. The van der Waals surface area contributed by atoms with Crippen LogP contribution < -0.4 is 27.1 Å². The highest BCUT2D eigenvalue weighted by molar-refractivity contribution is 6.04. The van der Waals surface area contributed by atoms with Crippen molar-refractivity contribution in [3.63, 3.8) is 0 Å². The predicted molar refractivity (Wildman–Crippen MR) is 125 cm³/mol. The number of aromatic nitrogens is 1. The fourth-order valence-corrected chi connectivity index (χ4v) is 3.54. The van der Waals surface area contributed by atoms with Crippen LogP contribution in [0.15, 0.2) is 60.7 Å². The molecule has 166 valence electrons. The number of nitrogen functional groups attached to an aromatic ring is 2. The average Bonchev–Trinajstić information content (AvgIpc) is 2.84. The molecule has 0 bridgehead atoms. The molecule has 0 radical (unpaired) electrons. The largest absolute Gasteiger partial charge is 0.493 e. The van der Waals surface area contributed by atoms with Crippen LogP contribution in [-0.4, -0.2) is 30.7 Å². The molecular formula is C24H27N5O3. The number of nitrogens with zero attached hydrogens (tertiary/aromatic N) is 1. The summed E-state index contributed by atoms with van der Waals surface area (Å²) < 4.78 is 11.3. The van der Waals surface area contributed by atoms with E-state index in [1.165, 1.54) is 0 Å². The number of anilines is 3. The third kappa shape index (κ3) is 5.35. The number of amides is 1. The Morgan fingerprint density at radius 1 is 1.09 bits per heavy atom. The van der Waals surface area contributed by atoms with Gasteiger partial charge < -0.3 is 25.9 Å².